The number of carbonyl (C=O) groups is 1. The van der Waals surface area contributed by atoms with E-state index >= 15 is 0 Å². The lowest BCUT2D eigenvalue weighted by molar-refractivity contribution is -0.130. The Morgan fingerprint density at radius 2 is 1.92 bits per heavy atom. The van der Waals surface area contributed by atoms with Crippen molar-refractivity contribution in [2.24, 2.45) is 5.92 Å². The Labute approximate surface area is 75.0 Å². The summed E-state index contributed by atoms with van der Waals surface area (Å²) in [5.41, 5.74) is 0. The molecule has 0 aliphatic rings. The molecule has 0 aromatic carbocycles. The molecule has 2 atom stereocenters. The fourth-order valence-electron chi connectivity index (χ4n) is 1.25. The van der Waals surface area contributed by atoms with Crippen molar-refractivity contribution in [3.63, 3.8) is 0 Å². The number of unbranched alkanes of at least 4 members (excludes halogenated alkanes) is 2. The molecule has 2 nitrogen and oxygen atoms in total. The van der Waals surface area contributed by atoms with E-state index in [4.69, 9.17) is 5.11 Å². The molecule has 0 saturated carbocycles. The Morgan fingerprint density at radius 3 is 2.33 bits per heavy atom. The minimum atomic E-state index is -0.790. The van der Waals surface area contributed by atoms with E-state index in [0.29, 0.717) is 0 Å². The Morgan fingerprint density at radius 1 is 1.33 bits per heavy atom. The van der Waals surface area contributed by atoms with Crippen LogP contribution in [0.3, 0.4) is 0 Å². The molecule has 0 fully saturated rings. The maximum absolute atomic E-state index is 11.2. The van der Waals surface area contributed by atoms with Crippen LogP contribution in [0.1, 0.15) is 46.5 Å². The third-order valence-electron chi connectivity index (χ3n) is 2.14. The van der Waals surface area contributed by atoms with Gasteiger partial charge < -0.3 is 5.11 Å². The van der Waals surface area contributed by atoms with E-state index in [9.17, 15) is 4.79 Å². The summed E-state index contributed by atoms with van der Waals surface area (Å²) in [7, 11) is 0. The van der Waals surface area contributed by atoms with Crippen molar-refractivity contribution < 1.29 is 9.90 Å². The fourth-order valence-corrected chi connectivity index (χ4v) is 1.25. The van der Waals surface area contributed by atoms with Crippen LogP contribution in [0.15, 0.2) is 0 Å². The van der Waals surface area contributed by atoms with Crippen molar-refractivity contribution in [3.05, 3.63) is 0 Å². The van der Waals surface area contributed by atoms with Crippen molar-refractivity contribution in [1.82, 2.24) is 0 Å². The van der Waals surface area contributed by atoms with Gasteiger partial charge in [-0.15, -0.1) is 0 Å². The number of hydrogen-bond donors (Lipinski definition) is 1. The fraction of sp³-hybridized carbons (Fsp3) is 0.900. The largest absolute Gasteiger partial charge is 0.386 e. The molecule has 0 heterocycles. The van der Waals surface area contributed by atoms with Crippen LogP contribution in [0, 0.1) is 5.92 Å². The molecule has 0 bridgehead atoms. The summed E-state index contributed by atoms with van der Waals surface area (Å²) in [6.45, 7) is 5.57. The SMILES string of the molecule is CCCCCC(C)C(=O)C(C)O. The molecule has 0 aromatic heterocycles. The Hall–Kier alpha value is -0.370. The van der Waals surface area contributed by atoms with E-state index in [0.717, 1.165) is 12.8 Å². The minimum absolute atomic E-state index is 0.0221. The predicted octanol–water partition coefficient (Wildman–Crippen LogP) is 2.15. The molecular weight excluding hydrogens is 152 g/mol. The molecule has 0 aromatic rings. The van der Waals surface area contributed by atoms with Crippen LogP contribution in [0.2, 0.25) is 0 Å². The average Bonchev–Trinajstić information content (AvgIpc) is 2.03. The lowest BCUT2D eigenvalue weighted by atomic mass is 9.96. The molecule has 12 heavy (non-hydrogen) atoms. The maximum Gasteiger partial charge on any atom is 0.163 e. The van der Waals surface area contributed by atoms with Crippen molar-refractivity contribution >= 4 is 5.78 Å². The monoisotopic (exact) mass is 172 g/mol. The van der Waals surface area contributed by atoms with Crippen molar-refractivity contribution in [2.75, 3.05) is 0 Å². The molecule has 0 aliphatic carbocycles. The highest BCUT2D eigenvalue weighted by Gasteiger charge is 2.16. The lowest BCUT2D eigenvalue weighted by Gasteiger charge is -2.11. The summed E-state index contributed by atoms with van der Waals surface area (Å²) in [6.07, 6.45) is 3.57. The van der Waals surface area contributed by atoms with Gasteiger partial charge in [0.15, 0.2) is 5.78 Å². The Bertz CT molecular complexity index is 130. The van der Waals surface area contributed by atoms with Crippen molar-refractivity contribution in [2.45, 2.75) is 52.6 Å². The summed E-state index contributed by atoms with van der Waals surface area (Å²) < 4.78 is 0. The number of Topliss-reactive ketones (excluding diaryl/α,β-unsaturated/α-hetero) is 1. The highest BCUT2D eigenvalue weighted by Crippen LogP contribution is 2.11. The number of aliphatic hydroxyl groups is 1. The van der Waals surface area contributed by atoms with Gasteiger partial charge in [0, 0.05) is 5.92 Å². The third-order valence-corrected chi connectivity index (χ3v) is 2.14. The summed E-state index contributed by atoms with van der Waals surface area (Å²) in [5, 5.41) is 9.00. The standard InChI is InChI=1S/C10H20O2/c1-4-5-6-7-8(2)10(12)9(3)11/h8-9,11H,4-7H2,1-3H3. The number of carbonyl (C=O) groups excluding carboxylic acids is 1. The van der Waals surface area contributed by atoms with Crippen molar-refractivity contribution in [3.8, 4) is 0 Å². The number of rotatable bonds is 6. The van der Waals surface area contributed by atoms with Gasteiger partial charge in [0.05, 0.1) is 0 Å². The number of ketones is 1. The molecule has 0 amide bonds. The van der Waals surface area contributed by atoms with Gasteiger partial charge in [-0.3, -0.25) is 4.79 Å². The second-order valence-corrected chi connectivity index (χ2v) is 3.48. The molecule has 0 aliphatic heterocycles. The van der Waals surface area contributed by atoms with E-state index in [2.05, 4.69) is 6.92 Å². The summed E-state index contributed by atoms with van der Waals surface area (Å²) in [5.74, 6) is 0.00246. The second-order valence-electron chi connectivity index (χ2n) is 3.48. The van der Waals surface area contributed by atoms with Gasteiger partial charge in [0.1, 0.15) is 6.10 Å². The molecular formula is C10H20O2. The molecule has 72 valence electrons. The zero-order chi connectivity index (χ0) is 9.56. The zero-order valence-electron chi connectivity index (χ0n) is 8.34. The summed E-state index contributed by atoms with van der Waals surface area (Å²) >= 11 is 0. The van der Waals surface area contributed by atoms with Crippen LogP contribution >= 0.6 is 0 Å². The molecule has 2 heteroatoms. The molecule has 0 radical (unpaired) electrons. The van der Waals surface area contributed by atoms with Gasteiger partial charge in [-0.05, 0) is 13.3 Å². The van der Waals surface area contributed by atoms with E-state index < -0.39 is 6.10 Å². The van der Waals surface area contributed by atoms with Crippen molar-refractivity contribution in [1.29, 1.82) is 0 Å². The Balaban J connectivity index is 3.57. The smallest absolute Gasteiger partial charge is 0.163 e. The van der Waals surface area contributed by atoms with Crippen LogP contribution in [-0.4, -0.2) is 17.0 Å². The lowest BCUT2D eigenvalue weighted by Crippen LogP contribution is -2.23. The van der Waals surface area contributed by atoms with Gasteiger partial charge in [0.25, 0.3) is 0 Å². The molecule has 0 saturated heterocycles. The quantitative estimate of drug-likeness (QED) is 0.623. The third kappa shape index (κ3) is 4.50. The highest BCUT2D eigenvalue weighted by atomic mass is 16.3. The van der Waals surface area contributed by atoms with Crippen LogP contribution in [0.5, 0.6) is 0 Å². The molecule has 0 rings (SSSR count). The Kier molecular flexibility index (Phi) is 5.99. The van der Waals surface area contributed by atoms with Gasteiger partial charge in [0.2, 0.25) is 0 Å². The topological polar surface area (TPSA) is 37.3 Å². The van der Waals surface area contributed by atoms with Crippen LogP contribution in [0.4, 0.5) is 0 Å². The van der Waals surface area contributed by atoms with E-state index in [-0.39, 0.29) is 11.7 Å². The second kappa shape index (κ2) is 6.18. The minimum Gasteiger partial charge on any atom is -0.386 e. The van der Waals surface area contributed by atoms with E-state index in [1.165, 1.54) is 12.8 Å². The van der Waals surface area contributed by atoms with Gasteiger partial charge in [-0.25, -0.2) is 0 Å². The average molecular weight is 172 g/mol. The van der Waals surface area contributed by atoms with E-state index in [1.54, 1.807) is 6.92 Å². The number of aliphatic hydroxyl groups excluding tert-OH is 1. The van der Waals surface area contributed by atoms with Crippen LogP contribution < -0.4 is 0 Å². The first-order chi connectivity index (χ1) is 5.59. The van der Waals surface area contributed by atoms with E-state index in [1.807, 2.05) is 6.92 Å². The first-order valence-corrected chi connectivity index (χ1v) is 4.81. The normalized spacial score (nSPS) is 15.7. The first-order valence-electron chi connectivity index (χ1n) is 4.81. The van der Waals surface area contributed by atoms with Gasteiger partial charge >= 0.3 is 0 Å². The van der Waals surface area contributed by atoms with Crippen LogP contribution in [0.25, 0.3) is 0 Å². The van der Waals surface area contributed by atoms with Crippen LogP contribution in [-0.2, 0) is 4.79 Å². The number of hydrogen-bond acceptors (Lipinski definition) is 2. The molecule has 1 N–H and O–H groups in total. The highest BCUT2D eigenvalue weighted by molar-refractivity contribution is 5.84. The first kappa shape index (κ1) is 11.6. The predicted molar refractivity (Wildman–Crippen MR) is 50.0 cm³/mol. The molecule has 0 spiro atoms. The molecule has 2 unspecified atom stereocenters. The zero-order valence-corrected chi connectivity index (χ0v) is 8.34. The summed E-state index contributed by atoms with van der Waals surface area (Å²) in [4.78, 5) is 11.2. The van der Waals surface area contributed by atoms with Gasteiger partial charge in [-0.1, -0.05) is 33.1 Å². The summed E-state index contributed by atoms with van der Waals surface area (Å²) in [6, 6.07) is 0. The van der Waals surface area contributed by atoms with Gasteiger partial charge in [-0.2, -0.15) is 0 Å². The maximum atomic E-state index is 11.2.